The Balaban J connectivity index is 2.95. The number of aliphatic hydroxyl groups excluding tert-OH is 1. The molecule has 0 bridgehead atoms. The number of aryl methyl sites for hydroxylation is 1. The molecule has 1 atom stereocenters. The van der Waals surface area contributed by atoms with Crippen molar-refractivity contribution in [2.45, 2.75) is 25.4 Å². The quantitative estimate of drug-likeness (QED) is 0.353. The average molecular weight is 340 g/mol. The van der Waals surface area contributed by atoms with Gasteiger partial charge in [-0.25, -0.2) is 4.79 Å². The monoisotopic (exact) mass is 340 g/mol. The highest BCUT2D eigenvalue weighted by molar-refractivity contribution is 7.14. The molecule has 23 heavy (non-hydrogen) atoms. The molecule has 1 heterocycles. The van der Waals surface area contributed by atoms with Gasteiger partial charge in [0.15, 0.2) is 5.66 Å². The summed E-state index contributed by atoms with van der Waals surface area (Å²) >= 11 is 1.02. The fourth-order valence-electron chi connectivity index (χ4n) is 1.63. The second-order valence-electron chi connectivity index (χ2n) is 4.71. The Bertz CT molecular complexity index is 687. The van der Waals surface area contributed by atoms with Crippen LogP contribution in [0.5, 0.6) is 0 Å². The van der Waals surface area contributed by atoms with E-state index in [0.717, 1.165) is 11.3 Å². The van der Waals surface area contributed by atoms with Gasteiger partial charge in [0.25, 0.3) is 5.91 Å². The molecule has 0 saturated carbocycles. The lowest BCUT2D eigenvalue weighted by Gasteiger charge is -2.25. The summed E-state index contributed by atoms with van der Waals surface area (Å²) in [6.45, 7) is 1.39. The van der Waals surface area contributed by atoms with Crippen LogP contribution in [-0.2, 0) is 9.59 Å². The summed E-state index contributed by atoms with van der Waals surface area (Å²) in [5, 5.41) is 28.6. The lowest BCUT2D eigenvalue weighted by atomic mass is 10.0. The number of carboxylic acid groups (broad SMARTS) is 2. The fourth-order valence-corrected chi connectivity index (χ4v) is 2.57. The van der Waals surface area contributed by atoms with Crippen molar-refractivity contribution >= 4 is 29.2 Å². The predicted octanol–water partition coefficient (Wildman–Crippen LogP) is -0.265. The predicted molar refractivity (Wildman–Crippen MR) is 81.9 cm³/mol. The number of nitrogens with one attached hydrogen (secondary N) is 1. The number of carbonyl (C=O) groups excluding carboxylic acids is 1. The van der Waals surface area contributed by atoms with E-state index in [1.54, 1.807) is 6.92 Å². The van der Waals surface area contributed by atoms with E-state index < -0.39 is 36.4 Å². The molecular formula is C14H16N2O6S. The first-order valence-electron chi connectivity index (χ1n) is 6.46. The summed E-state index contributed by atoms with van der Waals surface area (Å²) in [4.78, 5) is 34.7. The van der Waals surface area contributed by atoms with Crippen molar-refractivity contribution in [1.82, 2.24) is 5.32 Å². The topological polar surface area (TPSA) is 150 Å². The first-order valence-corrected chi connectivity index (χ1v) is 7.28. The summed E-state index contributed by atoms with van der Waals surface area (Å²) in [5.74, 6) is 1.66. The molecule has 9 heteroatoms. The van der Waals surface area contributed by atoms with E-state index in [1.807, 2.05) is 0 Å². The van der Waals surface area contributed by atoms with Crippen LogP contribution in [0.25, 0.3) is 0 Å². The zero-order chi connectivity index (χ0) is 17.6. The summed E-state index contributed by atoms with van der Waals surface area (Å²) in [6, 6.07) is 1.51. The van der Waals surface area contributed by atoms with Gasteiger partial charge >= 0.3 is 11.9 Å². The van der Waals surface area contributed by atoms with Gasteiger partial charge in [-0.3, -0.25) is 15.3 Å². The van der Waals surface area contributed by atoms with E-state index in [1.165, 1.54) is 6.07 Å². The van der Waals surface area contributed by atoms with Gasteiger partial charge in [-0.05, 0) is 18.6 Å². The Morgan fingerprint density at radius 1 is 1.39 bits per heavy atom. The Morgan fingerprint density at radius 3 is 2.57 bits per heavy atom. The standard InChI is InChI=1S/C14H16N2O6S/c1-8-7-10(23-9(8)3-2-6-17)12(20)16-14(15,13(21)22)5-4-11(18)19/h7,17H,4-6,15H2,1H3,(H,16,20)(H,18,19)(H,21,22). The molecule has 1 rings (SSSR count). The SMILES string of the molecule is Cc1cc(C(=O)NC(N)(CCC(=O)O)C(=O)O)sc1C#CCO. The highest BCUT2D eigenvalue weighted by Crippen LogP contribution is 2.21. The maximum atomic E-state index is 12.2. The Labute approximate surface area is 135 Å². The average Bonchev–Trinajstić information content (AvgIpc) is 2.84. The minimum absolute atomic E-state index is 0.191. The second kappa shape index (κ2) is 7.73. The third-order valence-corrected chi connectivity index (χ3v) is 4.03. The van der Waals surface area contributed by atoms with E-state index >= 15 is 0 Å². The van der Waals surface area contributed by atoms with Crippen LogP contribution in [-0.4, -0.2) is 45.4 Å². The lowest BCUT2D eigenvalue weighted by Crippen LogP contribution is -2.61. The molecule has 0 aliphatic heterocycles. The maximum Gasteiger partial charge on any atom is 0.344 e. The van der Waals surface area contributed by atoms with Crippen LogP contribution in [0.4, 0.5) is 0 Å². The number of thiophene rings is 1. The number of aliphatic hydroxyl groups is 1. The molecule has 0 saturated heterocycles. The van der Waals surface area contributed by atoms with Crippen molar-refractivity contribution in [3.05, 3.63) is 21.4 Å². The van der Waals surface area contributed by atoms with Gasteiger partial charge in [0, 0.05) is 12.8 Å². The van der Waals surface area contributed by atoms with E-state index in [0.29, 0.717) is 10.4 Å². The highest BCUT2D eigenvalue weighted by atomic mass is 32.1. The zero-order valence-corrected chi connectivity index (χ0v) is 13.1. The minimum atomic E-state index is -2.18. The second-order valence-corrected chi connectivity index (χ2v) is 5.76. The molecular weight excluding hydrogens is 324 g/mol. The van der Waals surface area contributed by atoms with E-state index in [2.05, 4.69) is 17.2 Å². The lowest BCUT2D eigenvalue weighted by molar-refractivity contribution is -0.145. The number of hydrogen-bond donors (Lipinski definition) is 5. The Morgan fingerprint density at radius 2 is 2.04 bits per heavy atom. The summed E-state index contributed by atoms with van der Waals surface area (Å²) < 4.78 is 0. The van der Waals surface area contributed by atoms with Crippen molar-refractivity contribution in [2.24, 2.45) is 5.73 Å². The third kappa shape index (κ3) is 5.07. The molecule has 124 valence electrons. The Kier molecular flexibility index (Phi) is 6.27. The fraction of sp³-hybridized carbons (Fsp3) is 0.357. The molecule has 1 aromatic heterocycles. The molecule has 1 amide bonds. The number of carbonyl (C=O) groups is 3. The van der Waals surface area contributed by atoms with E-state index in [4.69, 9.17) is 21.1 Å². The summed E-state index contributed by atoms with van der Waals surface area (Å²) in [7, 11) is 0. The van der Waals surface area contributed by atoms with E-state index in [-0.39, 0.29) is 11.5 Å². The molecule has 0 spiro atoms. The van der Waals surface area contributed by atoms with Gasteiger partial charge in [-0.2, -0.15) is 0 Å². The van der Waals surface area contributed by atoms with Crippen LogP contribution < -0.4 is 11.1 Å². The van der Waals surface area contributed by atoms with Crippen LogP contribution in [0.1, 0.15) is 33.0 Å². The van der Waals surface area contributed by atoms with Gasteiger partial charge in [0.1, 0.15) is 6.61 Å². The van der Waals surface area contributed by atoms with Gasteiger partial charge in [-0.1, -0.05) is 11.8 Å². The van der Waals surface area contributed by atoms with Gasteiger partial charge < -0.3 is 20.6 Å². The third-order valence-electron chi connectivity index (χ3n) is 2.87. The van der Waals surface area contributed by atoms with Crippen molar-refractivity contribution in [3.63, 3.8) is 0 Å². The normalized spacial score (nSPS) is 12.7. The van der Waals surface area contributed by atoms with Gasteiger partial charge in [-0.15, -0.1) is 11.3 Å². The van der Waals surface area contributed by atoms with Crippen molar-refractivity contribution in [1.29, 1.82) is 0 Å². The summed E-state index contributed by atoms with van der Waals surface area (Å²) in [6.07, 6.45) is -0.954. The van der Waals surface area contributed by atoms with E-state index in [9.17, 15) is 14.4 Å². The molecule has 0 aromatic carbocycles. The molecule has 0 radical (unpaired) electrons. The van der Waals surface area contributed by atoms with Gasteiger partial charge in [0.2, 0.25) is 0 Å². The first-order chi connectivity index (χ1) is 10.7. The number of nitrogens with two attached hydrogens (primary N) is 1. The first kappa shape index (κ1) is 18.6. The number of aliphatic carboxylic acids is 2. The van der Waals surface area contributed by atoms with Gasteiger partial charge in [0.05, 0.1) is 9.75 Å². The van der Waals surface area contributed by atoms with Crippen LogP contribution in [0.15, 0.2) is 6.07 Å². The molecule has 0 fully saturated rings. The number of rotatable bonds is 6. The Hall–Kier alpha value is -2.41. The molecule has 6 N–H and O–H groups in total. The largest absolute Gasteiger partial charge is 0.481 e. The molecule has 1 aromatic rings. The van der Waals surface area contributed by atoms with Crippen LogP contribution >= 0.6 is 11.3 Å². The zero-order valence-electron chi connectivity index (χ0n) is 12.3. The van der Waals surface area contributed by atoms with Crippen molar-refractivity contribution in [2.75, 3.05) is 6.61 Å². The molecule has 1 unspecified atom stereocenters. The van der Waals surface area contributed by atoms with Crippen LogP contribution in [0, 0.1) is 18.8 Å². The number of hydrogen-bond acceptors (Lipinski definition) is 6. The maximum absolute atomic E-state index is 12.2. The van der Waals surface area contributed by atoms with Crippen LogP contribution in [0.2, 0.25) is 0 Å². The number of amides is 1. The smallest absolute Gasteiger partial charge is 0.344 e. The van der Waals surface area contributed by atoms with Crippen molar-refractivity contribution < 1.29 is 29.7 Å². The molecule has 0 aliphatic rings. The summed E-state index contributed by atoms with van der Waals surface area (Å²) in [5.41, 5.74) is 4.12. The molecule has 8 nitrogen and oxygen atoms in total. The van der Waals surface area contributed by atoms with Crippen molar-refractivity contribution in [3.8, 4) is 11.8 Å². The molecule has 0 aliphatic carbocycles. The number of carboxylic acids is 2. The highest BCUT2D eigenvalue weighted by Gasteiger charge is 2.36. The minimum Gasteiger partial charge on any atom is -0.481 e. The van der Waals surface area contributed by atoms with Crippen LogP contribution in [0.3, 0.4) is 0 Å².